The van der Waals surface area contributed by atoms with Crippen LogP contribution >= 0.6 is 0 Å². The van der Waals surface area contributed by atoms with Crippen LogP contribution in [0.25, 0.3) is 0 Å². The summed E-state index contributed by atoms with van der Waals surface area (Å²) >= 11 is 0. The van der Waals surface area contributed by atoms with E-state index < -0.39 is 0 Å². The van der Waals surface area contributed by atoms with Crippen molar-refractivity contribution in [2.24, 2.45) is 0 Å². The number of nitrogens with zero attached hydrogens (tertiary/aromatic N) is 3. The molecule has 1 unspecified atom stereocenters. The molecule has 0 spiro atoms. The van der Waals surface area contributed by atoms with Gasteiger partial charge >= 0.3 is 0 Å². The van der Waals surface area contributed by atoms with Crippen LogP contribution in [0.4, 0.5) is 5.69 Å². The average Bonchev–Trinajstić information content (AvgIpc) is 2.87. The Morgan fingerprint density at radius 2 is 1.95 bits per heavy atom. The summed E-state index contributed by atoms with van der Waals surface area (Å²) in [5.41, 5.74) is 7.17. The van der Waals surface area contributed by atoms with Crippen molar-refractivity contribution in [3.63, 3.8) is 0 Å². The van der Waals surface area contributed by atoms with Gasteiger partial charge in [0.1, 0.15) is 5.69 Å². The average molecular weight is 278 g/mol. The molecule has 2 rings (SSSR count). The SMILES string of the molecule is CCC(C)N1CCN(C(=O)c2cc(N)cn2CC)CC1. The Kier molecular flexibility index (Phi) is 4.70. The van der Waals surface area contributed by atoms with Crippen LogP contribution in [-0.2, 0) is 6.54 Å². The van der Waals surface area contributed by atoms with Crippen LogP contribution in [0.3, 0.4) is 0 Å². The van der Waals surface area contributed by atoms with Gasteiger partial charge in [0.2, 0.25) is 0 Å². The van der Waals surface area contributed by atoms with Crippen molar-refractivity contribution in [2.45, 2.75) is 39.8 Å². The fourth-order valence-corrected chi connectivity index (χ4v) is 2.76. The van der Waals surface area contributed by atoms with Gasteiger partial charge in [-0.1, -0.05) is 6.92 Å². The van der Waals surface area contributed by atoms with Gasteiger partial charge in [-0.3, -0.25) is 9.69 Å². The zero-order valence-electron chi connectivity index (χ0n) is 12.8. The second-order valence-electron chi connectivity index (χ2n) is 5.53. The Labute approximate surface area is 121 Å². The molecule has 5 heteroatoms. The summed E-state index contributed by atoms with van der Waals surface area (Å²) in [4.78, 5) is 17.0. The third kappa shape index (κ3) is 2.98. The van der Waals surface area contributed by atoms with Crippen molar-refractivity contribution < 1.29 is 4.79 Å². The van der Waals surface area contributed by atoms with Gasteiger partial charge < -0.3 is 15.2 Å². The topological polar surface area (TPSA) is 54.5 Å². The Balaban J connectivity index is 2.01. The molecule has 0 aliphatic carbocycles. The highest BCUT2D eigenvalue weighted by Crippen LogP contribution is 2.15. The van der Waals surface area contributed by atoms with Crippen LogP contribution in [0.1, 0.15) is 37.7 Å². The largest absolute Gasteiger partial charge is 0.397 e. The lowest BCUT2D eigenvalue weighted by atomic mass is 10.2. The van der Waals surface area contributed by atoms with Crippen molar-refractivity contribution in [1.29, 1.82) is 0 Å². The molecule has 2 N–H and O–H groups in total. The number of nitrogens with two attached hydrogens (primary N) is 1. The molecule has 1 fully saturated rings. The molecule has 0 bridgehead atoms. The lowest BCUT2D eigenvalue weighted by Gasteiger charge is -2.37. The van der Waals surface area contributed by atoms with Crippen molar-refractivity contribution >= 4 is 11.6 Å². The maximum atomic E-state index is 12.6. The maximum absolute atomic E-state index is 12.6. The highest BCUT2D eigenvalue weighted by atomic mass is 16.2. The van der Waals surface area contributed by atoms with Crippen LogP contribution in [0.5, 0.6) is 0 Å². The van der Waals surface area contributed by atoms with Gasteiger partial charge in [0.15, 0.2) is 0 Å². The van der Waals surface area contributed by atoms with E-state index in [2.05, 4.69) is 18.7 Å². The third-order valence-corrected chi connectivity index (χ3v) is 4.29. The van der Waals surface area contributed by atoms with Crippen LogP contribution in [-0.4, -0.2) is 52.5 Å². The molecule has 0 saturated carbocycles. The molecule has 0 aromatic carbocycles. The minimum absolute atomic E-state index is 0.104. The fraction of sp³-hybridized carbons (Fsp3) is 0.667. The minimum Gasteiger partial charge on any atom is -0.397 e. The summed E-state index contributed by atoms with van der Waals surface area (Å²) in [7, 11) is 0. The van der Waals surface area contributed by atoms with Gasteiger partial charge in [0, 0.05) is 45.0 Å². The summed E-state index contributed by atoms with van der Waals surface area (Å²) < 4.78 is 1.93. The van der Waals surface area contributed by atoms with E-state index in [4.69, 9.17) is 5.73 Å². The fourth-order valence-electron chi connectivity index (χ4n) is 2.76. The van der Waals surface area contributed by atoms with Crippen molar-refractivity contribution in [2.75, 3.05) is 31.9 Å². The van der Waals surface area contributed by atoms with Crippen LogP contribution in [0.15, 0.2) is 12.3 Å². The summed E-state index contributed by atoms with van der Waals surface area (Å²) in [5, 5.41) is 0. The van der Waals surface area contributed by atoms with Gasteiger partial charge in [0.05, 0.1) is 5.69 Å². The summed E-state index contributed by atoms with van der Waals surface area (Å²) in [6, 6.07) is 2.38. The van der Waals surface area contributed by atoms with Gasteiger partial charge in [-0.25, -0.2) is 0 Å². The Bertz CT molecular complexity index is 460. The van der Waals surface area contributed by atoms with Crippen LogP contribution in [0.2, 0.25) is 0 Å². The molecule has 0 radical (unpaired) electrons. The molecule has 112 valence electrons. The lowest BCUT2D eigenvalue weighted by molar-refractivity contribution is 0.0570. The molecule has 1 aliphatic rings. The normalized spacial score (nSPS) is 18.2. The van der Waals surface area contributed by atoms with E-state index in [9.17, 15) is 4.79 Å². The molecule has 20 heavy (non-hydrogen) atoms. The molecule has 1 aromatic rings. The quantitative estimate of drug-likeness (QED) is 0.911. The molecular formula is C15H26N4O. The second-order valence-corrected chi connectivity index (χ2v) is 5.53. The predicted molar refractivity (Wildman–Crippen MR) is 81.7 cm³/mol. The lowest BCUT2D eigenvalue weighted by Crippen LogP contribution is -2.51. The highest BCUT2D eigenvalue weighted by Gasteiger charge is 2.25. The number of nitrogen functional groups attached to an aromatic ring is 1. The third-order valence-electron chi connectivity index (χ3n) is 4.29. The van der Waals surface area contributed by atoms with Gasteiger partial charge in [-0.2, -0.15) is 0 Å². The van der Waals surface area contributed by atoms with E-state index in [0.29, 0.717) is 17.4 Å². The number of hydrogen-bond donors (Lipinski definition) is 1. The zero-order chi connectivity index (χ0) is 14.7. The van der Waals surface area contributed by atoms with E-state index in [0.717, 1.165) is 39.1 Å². The number of aryl methyl sites for hydroxylation is 1. The second kappa shape index (κ2) is 6.31. The highest BCUT2D eigenvalue weighted by molar-refractivity contribution is 5.94. The Morgan fingerprint density at radius 1 is 1.30 bits per heavy atom. The first-order chi connectivity index (χ1) is 9.56. The maximum Gasteiger partial charge on any atom is 0.270 e. The smallest absolute Gasteiger partial charge is 0.270 e. The van der Waals surface area contributed by atoms with Crippen molar-refractivity contribution in [3.05, 3.63) is 18.0 Å². The van der Waals surface area contributed by atoms with Crippen LogP contribution in [0, 0.1) is 0 Å². The van der Waals surface area contributed by atoms with E-state index in [1.54, 1.807) is 6.07 Å². The summed E-state index contributed by atoms with van der Waals surface area (Å²) in [6.07, 6.45) is 2.99. The van der Waals surface area contributed by atoms with E-state index in [1.165, 1.54) is 0 Å². The van der Waals surface area contributed by atoms with Gasteiger partial charge in [-0.15, -0.1) is 0 Å². The van der Waals surface area contributed by atoms with Crippen LogP contribution < -0.4 is 5.73 Å². The number of rotatable bonds is 4. The predicted octanol–water partition coefficient (Wildman–Crippen LogP) is 1.65. The number of amides is 1. The molecule has 5 nitrogen and oxygen atoms in total. The molecule has 1 aliphatic heterocycles. The minimum atomic E-state index is 0.104. The van der Waals surface area contributed by atoms with Crippen molar-refractivity contribution in [3.8, 4) is 0 Å². The van der Waals surface area contributed by atoms with E-state index in [1.807, 2.05) is 22.6 Å². The van der Waals surface area contributed by atoms with E-state index in [-0.39, 0.29) is 5.91 Å². The molecule has 1 saturated heterocycles. The Morgan fingerprint density at radius 3 is 2.50 bits per heavy atom. The van der Waals surface area contributed by atoms with Gasteiger partial charge in [0.25, 0.3) is 5.91 Å². The number of carbonyl (C=O) groups is 1. The molecule has 2 heterocycles. The standard InChI is InChI=1S/C15H26N4O/c1-4-12(3)18-6-8-19(9-7-18)15(20)14-10-13(16)11-17(14)5-2/h10-12H,4-9,16H2,1-3H3. The van der Waals surface area contributed by atoms with Crippen molar-refractivity contribution in [1.82, 2.24) is 14.4 Å². The molecule has 1 aromatic heterocycles. The first-order valence-electron chi connectivity index (χ1n) is 7.55. The summed E-state index contributed by atoms with van der Waals surface area (Å²) in [6.45, 7) is 10.8. The number of carbonyl (C=O) groups excluding carboxylic acids is 1. The zero-order valence-corrected chi connectivity index (χ0v) is 12.8. The number of aromatic nitrogens is 1. The van der Waals surface area contributed by atoms with E-state index >= 15 is 0 Å². The Hall–Kier alpha value is -1.49. The number of hydrogen-bond acceptors (Lipinski definition) is 3. The molecular weight excluding hydrogens is 252 g/mol. The molecule has 1 amide bonds. The first kappa shape index (κ1) is 14.9. The number of piperazine rings is 1. The monoisotopic (exact) mass is 278 g/mol. The number of anilines is 1. The molecule has 1 atom stereocenters. The van der Waals surface area contributed by atoms with Gasteiger partial charge in [-0.05, 0) is 26.3 Å². The first-order valence-corrected chi connectivity index (χ1v) is 7.55. The summed E-state index contributed by atoms with van der Waals surface area (Å²) in [5.74, 6) is 0.104.